The summed E-state index contributed by atoms with van der Waals surface area (Å²) < 4.78 is 6.06. The Kier molecular flexibility index (Phi) is 4.74. The molecule has 1 saturated carbocycles. The number of rotatable bonds is 6. The predicted molar refractivity (Wildman–Crippen MR) is 85.6 cm³/mol. The average molecular weight is 275 g/mol. The number of nitrogens with one attached hydrogen (secondary N) is 1. The summed E-state index contributed by atoms with van der Waals surface area (Å²) in [5, 5.41) is 3.54. The molecule has 1 aliphatic rings. The first-order chi connectivity index (χ1) is 9.41. The zero-order valence-corrected chi connectivity index (χ0v) is 13.6. The summed E-state index contributed by atoms with van der Waals surface area (Å²) in [7, 11) is 0. The van der Waals surface area contributed by atoms with Crippen LogP contribution in [0, 0.1) is 12.8 Å². The largest absolute Gasteiger partial charge is 0.492 e. The Labute approximate surface area is 123 Å². The van der Waals surface area contributed by atoms with Crippen molar-refractivity contribution in [1.29, 1.82) is 0 Å². The summed E-state index contributed by atoms with van der Waals surface area (Å²) in [4.78, 5) is 0. The number of hydrogen-bond acceptors (Lipinski definition) is 2. The van der Waals surface area contributed by atoms with Crippen LogP contribution in [0.3, 0.4) is 0 Å². The second-order valence-corrected chi connectivity index (χ2v) is 7.04. The Bertz CT molecular complexity index is 443. The second-order valence-electron chi connectivity index (χ2n) is 7.04. The van der Waals surface area contributed by atoms with Gasteiger partial charge in [-0.25, -0.2) is 0 Å². The molecule has 1 aliphatic carbocycles. The standard InChI is InChI=1S/C18H29NO/c1-6-19-16(14-7-8-14)12-20-17-10-9-15(11-13(17)2)18(3,4)5/h9-11,14,16,19H,6-8,12H2,1-5H3. The third-order valence-corrected chi connectivity index (χ3v) is 4.12. The normalized spacial score (nSPS) is 17.1. The Morgan fingerprint density at radius 3 is 2.50 bits per heavy atom. The maximum absolute atomic E-state index is 6.06. The summed E-state index contributed by atoms with van der Waals surface area (Å²) in [6.45, 7) is 12.9. The van der Waals surface area contributed by atoms with Crippen molar-refractivity contribution in [3.8, 4) is 5.75 Å². The van der Waals surface area contributed by atoms with Crippen molar-refractivity contribution in [2.24, 2.45) is 5.92 Å². The van der Waals surface area contributed by atoms with Gasteiger partial charge < -0.3 is 10.1 Å². The minimum absolute atomic E-state index is 0.198. The van der Waals surface area contributed by atoms with Crippen LogP contribution in [0.2, 0.25) is 0 Å². The van der Waals surface area contributed by atoms with E-state index in [1.54, 1.807) is 0 Å². The van der Waals surface area contributed by atoms with Crippen molar-refractivity contribution in [3.63, 3.8) is 0 Å². The molecule has 0 aliphatic heterocycles. The molecule has 1 aromatic rings. The zero-order chi connectivity index (χ0) is 14.8. The van der Waals surface area contributed by atoms with E-state index in [1.165, 1.54) is 24.0 Å². The molecular weight excluding hydrogens is 246 g/mol. The summed E-state index contributed by atoms with van der Waals surface area (Å²) in [5.41, 5.74) is 2.81. The van der Waals surface area contributed by atoms with Crippen LogP contribution >= 0.6 is 0 Å². The lowest BCUT2D eigenvalue weighted by atomic mass is 9.86. The van der Waals surface area contributed by atoms with E-state index in [0.717, 1.165) is 24.8 Å². The van der Waals surface area contributed by atoms with Crippen molar-refractivity contribution in [2.45, 2.75) is 58.9 Å². The lowest BCUT2D eigenvalue weighted by Gasteiger charge is -2.22. The van der Waals surface area contributed by atoms with Gasteiger partial charge in [0.15, 0.2) is 0 Å². The third-order valence-electron chi connectivity index (χ3n) is 4.12. The van der Waals surface area contributed by atoms with E-state index < -0.39 is 0 Å². The van der Waals surface area contributed by atoms with E-state index in [9.17, 15) is 0 Å². The van der Waals surface area contributed by atoms with E-state index in [1.807, 2.05) is 0 Å². The molecular formula is C18H29NO. The van der Waals surface area contributed by atoms with E-state index in [0.29, 0.717) is 6.04 Å². The van der Waals surface area contributed by atoms with Gasteiger partial charge in [0.05, 0.1) is 0 Å². The molecule has 0 bridgehead atoms. The Balaban J connectivity index is 1.99. The summed E-state index contributed by atoms with van der Waals surface area (Å²) in [6, 6.07) is 7.10. The Morgan fingerprint density at radius 1 is 1.30 bits per heavy atom. The molecule has 2 rings (SSSR count). The molecule has 1 fully saturated rings. The number of likely N-dealkylation sites (N-methyl/N-ethyl adjacent to an activating group) is 1. The summed E-state index contributed by atoms with van der Waals surface area (Å²) in [6.07, 6.45) is 2.70. The van der Waals surface area contributed by atoms with Crippen molar-refractivity contribution < 1.29 is 4.74 Å². The van der Waals surface area contributed by atoms with Crippen LogP contribution < -0.4 is 10.1 Å². The fourth-order valence-corrected chi connectivity index (χ4v) is 2.58. The molecule has 0 aromatic heterocycles. The lowest BCUT2D eigenvalue weighted by molar-refractivity contribution is 0.249. The minimum Gasteiger partial charge on any atom is -0.492 e. The molecule has 1 atom stereocenters. The molecule has 112 valence electrons. The molecule has 0 amide bonds. The quantitative estimate of drug-likeness (QED) is 0.845. The first kappa shape index (κ1) is 15.4. The van der Waals surface area contributed by atoms with Gasteiger partial charge in [-0.1, -0.05) is 39.8 Å². The number of aryl methyl sites for hydroxylation is 1. The van der Waals surface area contributed by atoms with Gasteiger partial charge in [-0.05, 0) is 54.8 Å². The van der Waals surface area contributed by atoms with Crippen LogP contribution in [0.4, 0.5) is 0 Å². The maximum atomic E-state index is 6.06. The molecule has 2 heteroatoms. The molecule has 0 heterocycles. The van der Waals surface area contributed by atoms with Crippen LogP contribution in [0.25, 0.3) is 0 Å². The van der Waals surface area contributed by atoms with Crippen molar-refractivity contribution in [1.82, 2.24) is 5.32 Å². The molecule has 1 aromatic carbocycles. The van der Waals surface area contributed by atoms with E-state index >= 15 is 0 Å². The zero-order valence-electron chi connectivity index (χ0n) is 13.6. The smallest absolute Gasteiger partial charge is 0.122 e. The van der Waals surface area contributed by atoms with Crippen LogP contribution in [-0.2, 0) is 5.41 Å². The third kappa shape index (κ3) is 3.99. The van der Waals surface area contributed by atoms with Gasteiger partial charge in [0.1, 0.15) is 12.4 Å². The van der Waals surface area contributed by atoms with Gasteiger partial charge in [0.25, 0.3) is 0 Å². The van der Waals surface area contributed by atoms with Crippen LogP contribution in [0.1, 0.15) is 51.7 Å². The van der Waals surface area contributed by atoms with Gasteiger partial charge in [-0.2, -0.15) is 0 Å². The highest BCUT2D eigenvalue weighted by molar-refractivity contribution is 5.38. The first-order valence-electron chi connectivity index (χ1n) is 7.89. The number of benzene rings is 1. The topological polar surface area (TPSA) is 21.3 Å². The van der Waals surface area contributed by atoms with Crippen LogP contribution in [0.15, 0.2) is 18.2 Å². The van der Waals surface area contributed by atoms with Crippen molar-refractivity contribution >= 4 is 0 Å². The van der Waals surface area contributed by atoms with Gasteiger partial charge in [-0.15, -0.1) is 0 Å². The fourth-order valence-electron chi connectivity index (χ4n) is 2.58. The van der Waals surface area contributed by atoms with Crippen molar-refractivity contribution in [2.75, 3.05) is 13.2 Å². The first-order valence-corrected chi connectivity index (χ1v) is 7.89. The highest BCUT2D eigenvalue weighted by Crippen LogP contribution is 2.33. The Morgan fingerprint density at radius 2 is 2.00 bits per heavy atom. The summed E-state index contributed by atoms with van der Waals surface area (Å²) >= 11 is 0. The highest BCUT2D eigenvalue weighted by Gasteiger charge is 2.31. The van der Waals surface area contributed by atoms with E-state index in [-0.39, 0.29) is 5.41 Å². The summed E-state index contributed by atoms with van der Waals surface area (Å²) in [5.74, 6) is 1.85. The highest BCUT2D eigenvalue weighted by atomic mass is 16.5. The Hall–Kier alpha value is -1.02. The molecule has 20 heavy (non-hydrogen) atoms. The molecule has 1 N–H and O–H groups in total. The van der Waals surface area contributed by atoms with Gasteiger partial charge in [-0.3, -0.25) is 0 Å². The van der Waals surface area contributed by atoms with E-state index in [4.69, 9.17) is 4.74 Å². The fraction of sp³-hybridized carbons (Fsp3) is 0.667. The minimum atomic E-state index is 0.198. The monoisotopic (exact) mass is 275 g/mol. The SMILES string of the molecule is CCNC(COc1ccc(C(C)(C)C)cc1C)C1CC1. The average Bonchev–Trinajstić information content (AvgIpc) is 3.18. The van der Waals surface area contributed by atoms with Gasteiger partial charge in [0, 0.05) is 6.04 Å². The van der Waals surface area contributed by atoms with E-state index in [2.05, 4.69) is 58.1 Å². The van der Waals surface area contributed by atoms with Crippen LogP contribution in [-0.4, -0.2) is 19.2 Å². The van der Waals surface area contributed by atoms with Crippen LogP contribution in [0.5, 0.6) is 5.75 Å². The molecule has 0 radical (unpaired) electrons. The lowest BCUT2D eigenvalue weighted by Crippen LogP contribution is -2.36. The van der Waals surface area contributed by atoms with Crippen molar-refractivity contribution in [3.05, 3.63) is 29.3 Å². The number of hydrogen-bond donors (Lipinski definition) is 1. The van der Waals surface area contributed by atoms with Gasteiger partial charge in [0.2, 0.25) is 0 Å². The molecule has 1 unspecified atom stereocenters. The maximum Gasteiger partial charge on any atom is 0.122 e. The molecule has 0 saturated heterocycles. The predicted octanol–water partition coefficient (Wildman–Crippen LogP) is 4.06. The van der Waals surface area contributed by atoms with Gasteiger partial charge >= 0.3 is 0 Å². The molecule has 0 spiro atoms. The second kappa shape index (κ2) is 6.17. The number of ether oxygens (including phenoxy) is 1. The molecule has 2 nitrogen and oxygen atoms in total.